The summed E-state index contributed by atoms with van der Waals surface area (Å²) in [5.41, 5.74) is 4.30. The Balaban J connectivity index is 2.45. The number of rotatable bonds is 4. The molecule has 146 valence electrons. The van der Waals surface area contributed by atoms with Crippen LogP contribution in [0.1, 0.15) is 49.9 Å². The predicted molar refractivity (Wildman–Crippen MR) is 111 cm³/mol. The Hall–Kier alpha value is -2.34. The van der Waals surface area contributed by atoms with Crippen molar-refractivity contribution in [2.45, 2.75) is 58.8 Å². The van der Waals surface area contributed by atoms with Crippen LogP contribution in [0.25, 0.3) is 0 Å². The van der Waals surface area contributed by atoms with E-state index in [2.05, 4.69) is 30.8 Å². The van der Waals surface area contributed by atoms with Gasteiger partial charge >= 0.3 is 0 Å². The van der Waals surface area contributed by atoms with Crippen molar-refractivity contribution in [3.8, 4) is 0 Å². The molecule has 0 fully saturated rings. The Morgan fingerprint density at radius 3 is 1.96 bits per heavy atom. The first-order chi connectivity index (χ1) is 12.3. The summed E-state index contributed by atoms with van der Waals surface area (Å²) in [4.78, 5) is 11.6. The molecule has 0 aliphatic rings. The number of carbonyl (C=O) groups is 1. The quantitative estimate of drug-likeness (QED) is 0.799. The van der Waals surface area contributed by atoms with Gasteiger partial charge in [-0.2, -0.15) is 0 Å². The van der Waals surface area contributed by atoms with Crippen LogP contribution in [0.5, 0.6) is 0 Å². The molecule has 0 aliphatic carbocycles. The molecule has 0 spiro atoms. The molecule has 0 radical (unpaired) electrons. The standard InChI is InChI=1S/C21H28N2O3S/c1-13-8-9-18(12-19(13)22-16(4)24)23-27(25,26)20-14(2)10-17(11-15(20)3)21(5,6)7/h8-12,23H,1-7H3,(H,22,24). The molecule has 0 bridgehead atoms. The molecule has 0 unspecified atom stereocenters. The van der Waals surface area contributed by atoms with Crippen molar-refractivity contribution in [1.29, 1.82) is 0 Å². The topological polar surface area (TPSA) is 75.3 Å². The molecule has 5 nitrogen and oxygen atoms in total. The van der Waals surface area contributed by atoms with E-state index < -0.39 is 10.0 Å². The van der Waals surface area contributed by atoms with Gasteiger partial charge in [0.15, 0.2) is 0 Å². The normalized spacial score (nSPS) is 12.0. The molecule has 0 heterocycles. The van der Waals surface area contributed by atoms with Crippen LogP contribution in [-0.4, -0.2) is 14.3 Å². The summed E-state index contributed by atoms with van der Waals surface area (Å²) in [6, 6.07) is 8.94. The van der Waals surface area contributed by atoms with Crippen molar-refractivity contribution in [2.75, 3.05) is 10.0 Å². The van der Waals surface area contributed by atoms with Crippen LogP contribution in [-0.2, 0) is 20.2 Å². The van der Waals surface area contributed by atoms with Gasteiger partial charge in [-0.05, 0) is 60.6 Å². The van der Waals surface area contributed by atoms with Gasteiger partial charge in [-0.25, -0.2) is 8.42 Å². The fourth-order valence-electron chi connectivity index (χ4n) is 3.02. The lowest BCUT2D eigenvalue weighted by Crippen LogP contribution is -2.18. The van der Waals surface area contributed by atoms with Crippen molar-refractivity contribution in [2.24, 2.45) is 0 Å². The lowest BCUT2D eigenvalue weighted by Gasteiger charge is -2.22. The van der Waals surface area contributed by atoms with Crippen LogP contribution >= 0.6 is 0 Å². The number of nitrogens with one attached hydrogen (secondary N) is 2. The van der Waals surface area contributed by atoms with Gasteiger partial charge in [-0.3, -0.25) is 9.52 Å². The first-order valence-electron chi connectivity index (χ1n) is 8.84. The second kappa shape index (κ2) is 7.35. The van der Waals surface area contributed by atoms with Crippen LogP contribution in [0.4, 0.5) is 11.4 Å². The van der Waals surface area contributed by atoms with E-state index in [1.165, 1.54) is 6.92 Å². The highest BCUT2D eigenvalue weighted by atomic mass is 32.2. The molecule has 0 aliphatic heterocycles. The molecule has 0 saturated carbocycles. The van der Waals surface area contributed by atoms with Crippen LogP contribution in [0.15, 0.2) is 35.2 Å². The van der Waals surface area contributed by atoms with E-state index in [4.69, 9.17) is 0 Å². The number of benzene rings is 2. The third-order valence-corrected chi connectivity index (χ3v) is 6.08. The van der Waals surface area contributed by atoms with Crippen molar-refractivity contribution >= 4 is 27.3 Å². The van der Waals surface area contributed by atoms with Gasteiger partial charge in [0.2, 0.25) is 5.91 Å². The predicted octanol–water partition coefficient (Wildman–Crippen LogP) is 4.67. The van der Waals surface area contributed by atoms with Crippen molar-refractivity contribution in [3.63, 3.8) is 0 Å². The minimum atomic E-state index is -3.76. The molecule has 27 heavy (non-hydrogen) atoms. The van der Waals surface area contributed by atoms with E-state index in [0.717, 1.165) is 11.1 Å². The van der Waals surface area contributed by atoms with E-state index >= 15 is 0 Å². The highest BCUT2D eigenvalue weighted by Crippen LogP contribution is 2.30. The molecule has 2 rings (SSSR count). The fraction of sp³-hybridized carbons (Fsp3) is 0.381. The number of sulfonamides is 1. The molecular weight excluding hydrogens is 360 g/mol. The van der Waals surface area contributed by atoms with Crippen LogP contribution in [0.3, 0.4) is 0 Å². The largest absolute Gasteiger partial charge is 0.326 e. The lowest BCUT2D eigenvalue weighted by atomic mass is 9.85. The molecule has 0 aromatic heterocycles. The van der Waals surface area contributed by atoms with E-state index in [1.54, 1.807) is 18.2 Å². The maximum atomic E-state index is 13.0. The molecule has 6 heteroatoms. The second-order valence-corrected chi connectivity index (χ2v) is 9.62. The average Bonchev–Trinajstić information content (AvgIpc) is 2.47. The summed E-state index contributed by atoms with van der Waals surface area (Å²) in [5, 5.41) is 2.71. The summed E-state index contributed by atoms with van der Waals surface area (Å²) < 4.78 is 28.7. The zero-order valence-corrected chi connectivity index (χ0v) is 17.8. The second-order valence-electron chi connectivity index (χ2n) is 8.01. The van der Waals surface area contributed by atoms with E-state index in [1.807, 2.05) is 32.9 Å². The molecule has 2 aromatic carbocycles. The monoisotopic (exact) mass is 388 g/mol. The minimum absolute atomic E-state index is 0.0601. The fourth-order valence-corrected chi connectivity index (χ4v) is 4.53. The van der Waals surface area contributed by atoms with E-state index in [0.29, 0.717) is 22.5 Å². The number of amides is 1. The zero-order valence-electron chi connectivity index (χ0n) is 17.0. The van der Waals surface area contributed by atoms with Crippen molar-refractivity contribution < 1.29 is 13.2 Å². The van der Waals surface area contributed by atoms with Crippen LogP contribution in [0.2, 0.25) is 0 Å². The summed E-state index contributed by atoms with van der Waals surface area (Å²) in [7, 11) is -3.76. The van der Waals surface area contributed by atoms with Gasteiger partial charge in [0.1, 0.15) is 0 Å². The number of carbonyl (C=O) groups excluding carboxylic acids is 1. The Morgan fingerprint density at radius 2 is 1.48 bits per heavy atom. The summed E-state index contributed by atoms with van der Waals surface area (Å²) in [6.07, 6.45) is 0. The Morgan fingerprint density at radius 1 is 0.926 bits per heavy atom. The van der Waals surface area contributed by atoms with Gasteiger partial charge in [0, 0.05) is 12.6 Å². The van der Waals surface area contributed by atoms with Gasteiger partial charge in [-0.15, -0.1) is 0 Å². The van der Waals surface area contributed by atoms with Gasteiger partial charge in [0.25, 0.3) is 10.0 Å². The summed E-state index contributed by atoms with van der Waals surface area (Å²) in [5.74, 6) is -0.206. The molecule has 0 atom stereocenters. The van der Waals surface area contributed by atoms with Crippen molar-refractivity contribution in [3.05, 3.63) is 52.6 Å². The Bertz CT molecular complexity index is 964. The number of aryl methyl sites for hydroxylation is 3. The Kier molecular flexibility index (Phi) is 5.71. The molecule has 1 amide bonds. The number of hydrogen-bond donors (Lipinski definition) is 2. The average molecular weight is 389 g/mol. The van der Waals surface area contributed by atoms with Gasteiger partial charge in [0.05, 0.1) is 10.6 Å². The third-order valence-electron chi connectivity index (χ3n) is 4.40. The summed E-state index contributed by atoms with van der Waals surface area (Å²) in [6.45, 7) is 13.2. The van der Waals surface area contributed by atoms with Gasteiger partial charge < -0.3 is 5.32 Å². The molecule has 2 N–H and O–H groups in total. The number of hydrogen-bond acceptors (Lipinski definition) is 3. The molecular formula is C21H28N2O3S. The highest BCUT2D eigenvalue weighted by molar-refractivity contribution is 7.92. The third kappa shape index (κ3) is 4.89. The summed E-state index contributed by atoms with van der Waals surface area (Å²) >= 11 is 0. The first-order valence-corrected chi connectivity index (χ1v) is 10.3. The minimum Gasteiger partial charge on any atom is -0.326 e. The molecule has 0 saturated heterocycles. The lowest BCUT2D eigenvalue weighted by molar-refractivity contribution is -0.114. The van der Waals surface area contributed by atoms with E-state index in [9.17, 15) is 13.2 Å². The number of anilines is 2. The maximum absolute atomic E-state index is 13.0. The molecule has 2 aromatic rings. The Labute approximate surface area is 162 Å². The smallest absolute Gasteiger partial charge is 0.262 e. The SMILES string of the molecule is CC(=O)Nc1cc(NS(=O)(=O)c2c(C)cc(C(C)(C)C)cc2C)ccc1C. The van der Waals surface area contributed by atoms with E-state index in [-0.39, 0.29) is 16.2 Å². The maximum Gasteiger partial charge on any atom is 0.262 e. The van der Waals surface area contributed by atoms with Crippen LogP contribution < -0.4 is 10.0 Å². The first kappa shape index (κ1) is 21.0. The van der Waals surface area contributed by atoms with Crippen molar-refractivity contribution in [1.82, 2.24) is 0 Å². The van der Waals surface area contributed by atoms with Gasteiger partial charge in [-0.1, -0.05) is 39.0 Å². The van der Waals surface area contributed by atoms with Crippen LogP contribution in [0, 0.1) is 20.8 Å². The zero-order chi connectivity index (χ0) is 20.6. The highest BCUT2D eigenvalue weighted by Gasteiger charge is 2.23.